The summed E-state index contributed by atoms with van der Waals surface area (Å²) in [5.74, 6) is 0.936. The second-order valence-electron chi connectivity index (χ2n) is 7.11. The topological polar surface area (TPSA) is 91.3 Å². The Balaban J connectivity index is 1.36. The van der Waals surface area contributed by atoms with Crippen LogP contribution in [-0.4, -0.2) is 61.2 Å². The van der Waals surface area contributed by atoms with E-state index in [1.54, 1.807) is 24.3 Å². The smallest absolute Gasteiger partial charge is 0.238 e. The third kappa shape index (κ3) is 4.12. The Kier molecular flexibility index (Phi) is 5.26. The van der Waals surface area contributed by atoms with Crippen molar-refractivity contribution in [3.05, 3.63) is 42.0 Å². The number of phenols is 1. The monoisotopic (exact) mass is 397 g/mol. The summed E-state index contributed by atoms with van der Waals surface area (Å²) in [6.07, 6.45) is 0. The molecule has 2 aliphatic rings. The average Bonchev–Trinajstić information content (AvgIpc) is 3.16. The summed E-state index contributed by atoms with van der Waals surface area (Å²) in [6.45, 7) is 4.60. The Bertz CT molecular complexity index is 938. The van der Waals surface area contributed by atoms with Gasteiger partial charge in [0.15, 0.2) is 17.3 Å². The van der Waals surface area contributed by atoms with E-state index in [4.69, 9.17) is 9.47 Å². The second kappa shape index (κ2) is 8.00. The van der Waals surface area contributed by atoms with E-state index in [9.17, 15) is 14.7 Å². The molecule has 0 saturated carbocycles. The van der Waals surface area contributed by atoms with Crippen LogP contribution < -0.4 is 19.7 Å². The van der Waals surface area contributed by atoms with Gasteiger partial charge in [-0.1, -0.05) is 12.1 Å². The number of aromatic hydroxyl groups is 1. The van der Waals surface area contributed by atoms with Crippen molar-refractivity contribution in [1.82, 2.24) is 4.90 Å². The van der Waals surface area contributed by atoms with Gasteiger partial charge in [0.2, 0.25) is 12.7 Å². The van der Waals surface area contributed by atoms with Gasteiger partial charge in [-0.2, -0.15) is 0 Å². The van der Waals surface area contributed by atoms with Crippen LogP contribution in [0.25, 0.3) is 0 Å². The third-order valence-electron chi connectivity index (χ3n) is 5.13. The molecule has 2 N–H and O–H groups in total. The van der Waals surface area contributed by atoms with Crippen molar-refractivity contribution in [2.45, 2.75) is 6.92 Å². The number of ketones is 1. The number of hydrogen-bond acceptors (Lipinski definition) is 7. The van der Waals surface area contributed by atoms with Gasteiger partial charge in [-0.05, 0) is 25.1 Å². The zero-order valence-electron chi connectivity index (χ0n) is 16.2. The van der Waals surface area contributed by atoms with Crippen molar-refractivity contribution in [3.63, 3.8) is 0 Å². The molecule has 0 atom stereocenters. The molecule has 0 spiro atoms. The van der Waals surface area contributed by atoms with Crippen molar-refractivity contribution in [2.75, 3.05) is 49.7 Å². The molecule has 1 fully saturated rings. The lowest BCUT2D eigenvalue weighted by Crippen LogP contribution is -2.48. The van der Waals surface area contributed by atoms with E-state index < -0.39 is 0 Å². The Hall–Kier alpha value is -3.26. The molecule has 29 heavy (non-hydrogen) atoms. The Labute approximate surface area is 168 Å². The summed E-state index contributed by atoms with van der Waals surface area (Å²) in [5.41, 5.74) is 1.63. The van der Waals surface area contributed by atoms with Crippen molar-refractivity contribution in [3.8, 4) is 17.2 Å². The number of carbonyl (C=O) groups excluding carboxylic acids is 2. The number of fused-ring (bicyclic) bond motifs is 1. The molecule has 0 radical (unpaired) electrons. The fraction of sp³-hybridized carbons (Fsp3) is 0.333. The first-order valence-corrected chi connectivity index (χ1v) is 9.51. The predicted molar refractivity (Wildman–Crippen MR) is 108 cm³/mol. The van der Waals surface area contributed by atoms with Crippen molar-refractivity contribution in [2.24, 2.45) is 0 Å². The van der Waals surface area contributed by atoms with Gasteiger partial charge in [0.1, 0.15) is 5.75 Å². The van der Waals surface area contributed by atoms with E-state index >= 15 is 0 Å². The molecule has 1 amide bonds. The number of Topliss-reactive ketones (excluding diaryl/α,β-unsaturated/α-hetero) is 1. The lowest BCUT2D eigenvalue weighted by atomic mass is 10.1. The van der Waals surface area contributed by atoms with Crippen LogP contribution in [0.15, 0.2) is 36.4 Å². The molecule has 2 heterocycles. The number of nitrogens with one attached hydrogen (secondary N) is 1. The SMILES string of the molecule is CC(=O)c1cc2c(cc1NC(=O)CN1CCN(c3ccccc3O)CC1)OCO2. The zero-order valence-corrected chi connectivity index (χ0v) is 16.2. The fourth-order valence-corrected chi connectivity index (χ4v) is 3.61. The number of rotatable bonds is 5. The highest BCUT2D eigenvalue weighted by atomic mass is 16.7. The average molecular weight is 397 g/mol. The van der Waals surface area contributed by atoms with Crippen LogP contribution >= 0.6 is 0 Å². The van der Waals surface area contributed by atoms with Crippen LogP contribution in [-0.2, 0) is 4.79 Å². The molecule has 0 unspecified atom stereocenters. The standard InChI is InChI=1S/C21H23N3O5/c1-14(25)15-10-19-20(29-13-28-19)11-16(15)22-21(27)12-23-6-8-24(9-7-23)17-4-2-3-5-18(17)26/h2-5,10-11,26H,6-9,12-13H2,1H3,(H,22,27). The highest BCUT2D eigenvalue weighted by molar-refractivity contribution is 6.05. The molecule has 152 valence electrons. The Morgan fingerprint density at radius 1 is 1.07 bits per heavy atom. The summed E-state index contributed by atoms with van der Waals surface area (Å²) in [6, 6.07) is 10.5. The normalized spacial score (nSPS) is 16.0. The molecular weight excluding hydrogens is 374 g/mol. The molecule has 2 aromatic carbocycles. The molecule has 0 aromatic heterocycles. The van der Waals surface area contributed by atoms with Gasteiger partial charge in [0, 0.05) is 37.8 Å². The number of para-hydroxylation sites is 2. The van der Waals surface area contributed by atoms with Gasteiger partial charge >= 0.3 is 0 Å². The molecule has 0 aliphatic carbocycles. The van der Waals surface area contributed by atoms with Crippen molar-refractivity contribution in [1.29, 1.82) is 0 Å². The number of amides is 1. The molecule has 8 heteroatoms. The fourth-order valence-electron chi connectivity index (χ4n) is 3.61. The number of benzene rings is 2. The van der Waals surface area contributed by atoms with Crippen LogP contribution in [0.1, 0.15) is 17.3 Å². The largest absolute Gasteiger partial charge is 0.506 e. The highest BCUT2D eigenvalue weighted by Crippen LogP contribution is 2.37. The maximum absolute atomic E-state index is 12.6. The van der Waals surface area contributed by atoms with Crippen LogP contribution in [0.3, 0.4) is 0 Å². The maximum atomic E-state index is 12.6. The molecule has 0 bridgehead atoms. The van der Waals surface area contributed by atoms with Crippen LogP contribution in [0, 0.1) is 0 Å². The third-order valence-corrected chi connectivity index (χ3v) is 5.13. The first kappa shape index (κ1) is 19.1. The lowest BCUT2D eigenvalue weighted by molar-refractivity contribution is -0.117. The van der Waals surface area contributed by atoms with E-state index in [-0.39, 0.29) is 30.8 Å². The minimum Gasteiger partial charge on any atom is -0.506 e. The number of anilines is 2. The molecule has 8 nitrogen and oxygen atoms in total. The van der Waals surface area contributed by atoms with Gasteiger partial charge in [-0.25, -0.2) is 0 Å². The van der Waals surface area contributed by atoms with Gasteiger partial charge in [0.25, 0.3) is 0 Å². The molecule has 2 aliphatic heterocycles. The van der Waals surface area contributed by atoms with Gasteiger partial charge in [0.05, 0.1) is 17.9 Å². The van der Waals surface area contributed by atoms with E-state index in [0.717, 1.165) is 5.69 Å². The Morgan fingerprint density at radius 3 is 2.45 bits per heavy atom. The summed E-state index contributed by atoms with van der Waals surface area (Å²) < 4.78 is 10.7. The van der Waals surface area contributed by atoms with E-state index in [1.807, 2.05) is 17.0 Å². The number of ether oxygens (including phenoxy) is 2. The maximum Gasteiger partial charge on any atom is 0.238 e. The molecule has 2 aromatic rings. The second-order valence-corrected chi connectivity index (χ2v) is 7.11. The molecule has 4 rings (SSSR count). The highest BCUT2D eigenvalue weighted by Gasteiger charge is 2.23. The van der Waals surface area contributed by atoms with E-state index in [0.29, 0.717) is 48.9 Å². The number of carbonyl (C=O) groups is 2. The summed E-state index contributed by atoms with van der Waals surface area (Å²) in [4.78, 5) is 28.7. The van der Waals surface area contributed by atoms with Crippen LogP contribution in [0.4, 0.5) is 11.4 Å². The van der Waals surface area contributed by atoms with Crippen molar-refractivity contribution >= 4 is 23.1 Å². The van der Waals surface area contributed by atoms with Crippen LogP contribution in [0.5, 0.6) is 17.2 Å². The quantitative estimate of drug-likeness (QED) is 0.747. The number of hydrogen-bond donors (Lipinski definition) is 2. The van der Waals surface area contributed by atoms with Crippen molar-refractivity contribution < 1.29 is 24.2 Å². The van der Waals surface area contributed by atoms with Gasteiger partial charge in [-0.15, -0.1) is 0 Å². The summed E-state index contributed by atoms with van der Waals surface area (Å²) in [7, 11) is 0. The zero-order chi connectivity index (χ0) is 20.4. The lowest BCUT2D eigenvalue weighted by Gasteiger charge is -2.35. The summed E-state index contributed by atoms with van der Waals surface area (Å²) in [5, 5.41) is 12.8. The Morgan fingerprint density at radius 2 is 1.76 bits per heavy atom. The number of phenolic OH excluding ortho intramolecular Hbond substituents is 1. The van der Waals surface area contributed by atoms with Gasteiger partial charge < -0.3 is 24.8 Å². The molecular formula is C21H23N3O5. The number of piperazine rings is 1. The first-order chi connectivity index (χ1) is 14.0. The van der Waals surface area contributed by atoms with E-state index in [2.05, 4.69) is 10.2 Å². The first-order valence-electron chi connectivity index (χ1n) is 9.51. The summed E-state index contributed by atoms with van der Waals surface area (Å²) >= 11 is 0. The minimum absolute atomic E-state index is 0.103. The van der Waals surface area contributed by atoms with Gasteiger partial charge in [-0.3, -0.25) is 14.5 Å². The predicted octanol–water partition coefficient (Wildman–Crippen LogP) is 2.08. The van der Waals surface area contributed by atoms with E-state index in [1.165, 1.54) is 6.92 Å². The number of nitrogens with zero attached hydrogens (tertiary/aromatic N) is 2. The molecule has 1 saturated heterocycles. The van der Waals surface area contributed by atoms with Crippen LogP contribution in [0.2, 0.25) is 0 Å². The minimum atomic E-state index is -0.192.